The van der Waals surface area contributed by atoms with E-state index in [4.69, 9.17) is 9.84 Å². The van der Waals surface area contributed by atoms with Crippen LogP contribution < -0.4 is 4.74 Å². The van der Waals surface area contributed by atoms with Crippen molar-refractivity contribution in [1.82, 2.24) is 14.4 Å². The van der Waals surface area contributed by atoms with Crippen LogP contribution in [0.25, 0.3) is 5.65 Å². The molecule has 0 saturated heterocycles. The summed E-state index contributed by atoms with van der Waals surface area (Å²) in [5.74, 6) is -0.626. The van der Waals surface area contributed by atoms with E-state index in [0.29, 0.717) is 5.75 Å². The molecule has 6 nitrogen and oxygen atoms in total. The van der Waals surface area contributed by atoms with E-state index >= 15 is 0 Å². The van der Waals surface area contributed by atoms with Crippen LogP contribution >= 0.6 is 0 Å². The third-order valence-corrected chi connectivity index (χ3v) is 3.00. The summed E-state index contributed by atoms with van der Waals surface area (Å²) in [7, 11) is 0. The van der Waals surface area contributed by atoms with E-state index < -0.39 is 5.97 Å². The molecule has 0 aromatic carbocycles. The van der Waals surface area contributed by atoms with E-state index in [1.165, 1.54) is 18.5 Å². The molecule has 3 rings (SSSR count). The van der Waals surface area contributed by atoms with Gasteiger partial charge in [0.25, 0.3) is 0 Å². The first kappa shape index (κ1) is 13.1. The zero-order chi connectivity index (χ0) is 14.8. The van der Waals surface area contributed by atoms with Crippen molar-refractivity contribution in [2.24, 2.45) is 0 Å². The van der Waals surface area contributed by atoms with Crippen LogP contribution in [0.5, 0.6) is 5.75 Å². The smallest absolute Gasteiger partial charge is 0.337 e. The summed E-state index contributed by atoms with van der Waals surface area (Å²) in [6, 6.07) is 5.37. The molecular weight excluding hydrogens is 270 g/mol. The normalized spacial score (nSPS) is 10.7. The summed E-state index contributed by atoms with van der Waals surface area (Å²) in [4.78, 5) is 19.1. The SMILES string of the molecule is Cc1ccc2nc(COc3cncc(C(=O)O)c3)cn2c1. The first-order chi connectivity index (χ1) is 10.1. The van der Waals surface area contributed by atoms with E-state index in [9.17, 15) is 4.79 Å². The molecule has 106 valence electrons. The molecular formula is C15H13N3O3. The van der Waals surface area contributed by atoms with Gasteiger partial charge in [0.15, 0.2) is 0 Å². The highest BCUT2D eigenvalue weighted by Gasteiger charge is 2.06. The summed E-state index contributed by atoms with van der Waals surface area (Å²) >= 11 is 0. The lowest BCUT2D eigenvalue weighted by Gasteiger charge is -2.03. The van der Waals surface area contributed by atoms with E-state index in [1.807, 2.05) is 35.9 Å². The van der Waals surface area contributed by atoms with Gasteiger partial charge >= 0.3 is 5.97 Å². The number of imidazole rings is 1. The zero-order valence-electron chi connectivity index (χ0n) is 11.4. The summed E-state index contributed by atoms with van der Waals surface area (Å²) < 4.78 is 7.47. The fourth-order valence-electron chi connectivity index (χ4n) is 2.00. The van der Waals surface area contributed by atoms with Crippen LogP contribution in [0.15, 0.2) is 43.0 Å². The van der Waals surface area contributed by atoms with Crippen molar-refractivity contribution < 1.29 is 14.6 Å². The molecule has 0 unspecified atom stereocenters. The monoisotopic (exact) mass is 283 g/mol. The van der Waals surface area contributed by atoms with Gasteiger partial charge in [-0.2, -0.15) is 0 Å². The quantitative estimate of drug-likeness (QED) is 0.795. The van der Waals surface area contributed by atoms with Gasteiger partial charge in [0.1, 0.15) is 18.0 Å². The fraction of sp³-hybridized carbons (Fsp3) is 0.133. The molecule has 0 aliphatic carbocycles. The molecule has 0 amide bonds. The molecule has 0 fully saturated rings. The average molecular weight is 283 g/mol. The van der Waals surface area contributed by atoms with E-state index in [1.54, 1.807) is 0 Å². The standard InChI is InChI=1S/C15H13N3O3/c1-10-2-3-14-17-12(8-18(14)7-10)9-21-13-4-11(15(19)20)5-16-6-13/h2-8H,9H2,1H3,(H,19,20). The van der Waals surface area contributed by atoms with Gasteiger partial charge < -0.3 is 14.2 Å². The molecule has 3 aromatic heterocycles. The van der Waals surface area contributed by atoms with Crippen LogP contribution in [0.4, 0.5) is 0 Å². The van der Waals surface area contributed by atoms with E-state index in [-0.39, 0.29) is 12.2 Å². The Labute approximate surface area is 120 Å². The molecule has 1 N–H and O–H groups in total. The number of carboxylic acid groups (broad SMARTS) is 1. The molecule has 0 atom stereocenters. The molecule has 0 bridgehead atoms. The van der Waals surface area contributed by atoms with Crippen LogP contribution in [0.2, 0.25) is 0 Å². The third-order valence-electron chi connectivity index (χ3n) is 3.00. The number of nitrogens with zero attached hydrogens (tertiary/aromatic N) is 3. The van der Waals surface area contributed by atoms with Gasteiger partial charge in [-0.15, -0.1) is 0 Å². The van der Waals surface area contributed by atoms with Gasteiger partial charge in [-0.05, 0) is 24.6 Å². The second kappa shape index (κ2) is 5.24. The Balaban J connectivity index is 1.77. The van der Waals surface area contributed by atoms with Crippen molar-refractivity contribution >= 4 is 11.6 Å². The van der Waals surface area contributed by atoms with Gasteiger partial charge in [-0.25, -0.2) is 9.78 Å². The minimum Gasteiger partial charge on any atom is -0.486 e. The van der Waals surface area contributed by atoms with Crippen molar-refractivity contribution in [2.45, 2.75) is 13.5 Å². The molecule has 21 heavy (non-hydrogen) atoms. The van der Waals surface area contributed by atoms with E-state index in [2.05, 4.69) is 9.97 Å². The number of aromatic carboxylic acids is 1. The number of carboxylic acids is 1. The van der Waals surface area contributed by atoms with Crippen LogP contribution in [-0.2, 0) is 6.61 Å². The Hall–Kier alpha value is -2.89. The first-order valence-corrected chi connectivity index (χ1v) is 6.37. The maximum absolute atomic E-state index is 10.9. The summed E-state index contributed by atoms with van der Waals surface area (Å²) in [5.41, 5.74) is 2.85. The summed E-state index contributed by atoms with van der Waals surface area (Å²) in [6.45, 7) is 2.27. The maximum Gasteiger partial charge on any atom is 0.337 e. The van der Waals surface area contributed by atoms with Crippen LogP contribution in [-0.4, -0.2) is 25.4 Å². The highest BCUT2D eigenvalue weighted by atomic mass is 16.5. The summed E-state index contributed by atoms with van der Waals surface area (Å²) in [6.07, 6.45) is 6.63. The molecule has 0 aliphatic heterocycles. The minimum absolute atomic E-state index is 0.0955. The van der Waals surface area contributed by atoms with Crippen LogP contribution in [0.3, 0.4) is 0 Å². The number of hydrogen-bond donors (Lipinski definition) is 1. The number of hydrogen-bond acceptors (Lipinski definition) is 4. The Kier molecular flexibility index (Phi) is 3.27. The highest BCUT2D eigenvalue weighted by Crippen LogP contribution is 2.14. The second-order valence-corrected chi connectivity index (χ2v) is 4.71. The molecule has 3 aromatic rings. The molecule has 3 heterocycles. The van der Waals surface area contributed by atoms with Gasteiger partial charge in [-0.1, -0.05) is 6.07 Å². The van der Waals surface area contributed by atoms with Crippen molar-refractivity contribution in [1.29, 1.82) is 0 Å². The molecule has 0 spiro atoms. The number of rotatable bonds is 4. The molecule has 0 aliphatic rings. The predicted octanol–water partition coefficient (Wildman–Crippen LogP) is 2.31. The number of aryl methyl sites for hydroxylation is 1. The minimum atomic E-state index is -1.03. The van der Waals surface area contributed by atoms with E-state index in [0.717, 1.165) is 16.9 Å². The Morgan fingerprint density at radius 1 is 1.33 bits per heavy atom. The fourth-order valence-corrected chi connectivity index (χ4v) is 2.00. The van der Waals surface area contributed by atoms with Crippen molar-refractivity contribution in [3.63, 3.8) is 0 Å². The van der Waals surface area contributed by atoms with Gasteiger partial charge in [0, 0.05) is 18.6 Å². The van der Waals surface area contributed by atoms with Gasteiger partial charge in [0.2, 0.25) is 0 Å². The Morgan fingerprint density at radius 2 is 2.19 bits per heavy atom. The Bertz CT molecular complexity index is 811. The Morgan fingerprint density at radius 3 is 3.00 bits per heavy atom. The predicted molar refractivity (Wildman–Crippen MR) is 75.5 cm³/mol. The number of ether oxygens (including phenoxy) is 1. The average Bonchev–Trinajstić information content (AvgIpc) is 2.87. The second-order valence-electron chi connectivity index (χ2n) is 4.71. The van der Waals surface area contributed by atoms with Crippen molar-refractivity contribution in [3.05, 3.63) is 59.8 Å². The van der Waals surface area contributed by atoms with Gasteiger partial charge in [0.05, 0.1) is 17.5 Å². The van der Waals surface area contributed by atoms with Crippen molar-refractivity contribution in [3.8, 4) is 5.75 Å². The lowest BCUT2D eigenvalue weighted by atomic mass is 10.3. The summed E-state index contributed by atoms with van der Waals surface area (Å²) in [5, 5.41) is 8.90. The largest absolute Gasteiger partial charge is 0.486 e. The van der Waals surface area contributed by atoms with Crippen LogP contribution in [0.1, 0.15) is 21.6 Å². The first-order valence-electron chi connectivity index (χ1n) is 6.37. The van der Waals surface area contributed by atoms with Crippen molar-refractivity contribution in [2.75, 3.05) is 0 Å². The number of aromatic nitrogens is 3. The zero-order valence-corrected chi connectivity index (χ0v) is 11.4. The lowest BCUT2D eigenvalue weighted by molar-refractivity contribution is 0.0696. The topological polar surface area (TPSA) is 76.7 Å². The van der Waals surface area contributed by atoms with Gasteiger partial charge in [-0.3, -0.25) is 4.98 Å². The molecule has 0 radical (unpaired) electrons. The number of pyridine rings is 2. The molecule has 6 heteroatoms. The maximum atomic E-state index is 10.9. The number of fused-ring (bicyclic) bond motifs is 1. The highest BCUT2D eigenvalue weighted by molar-refractivity contribution is 5.87. The lowest BCUT2D eigenvalue weighted by Crippen LogP contribution is -2.00. The molecule has 0 saturated carbocycles. The number of carbonyl (C=O) groups is 1. The van der Waals surface area contributed by atoms with Crippen LogP contribution in [0, 0.1) is 6.92 Å². The third kappa shape index (κ3) is 2.84.